The number of alkyl halides is 3. The molecule has 1 aliphatic carbocycles. The number of likely N-dealkylation sites (N-methyl/N-ethyl adjacent to an activating group) is 1. The second-order valence-electron chi connectivity index (χ2n) is 9.46. The molecule has 0 bridgehead atoms. The molecule has 1 saturated carbocycles. The van der Waals surface area contributed by atoms with E-state index in [2.05, 4.69) is 20.5 Å². The molecule has 36 heavy (non-hydrogen) atoms. The fourth-order valence-electron chi connectivity index (χ4n) is 4.94. The van der Waals surface area contributed by atoms with Gasteiger partial charge in [-0.2, -0.15) is 13.2 Å². The van der Waals surface area contributed by atoms with Crippen molar-refractivity contribution in [3.8, 4) is 5.82 Å². The molecule has 4 heterocycles. The third kappa shape index (κ3) is 4.51. The highest BCUT2D eigenvalue weighted by atomic mass is 19.4. The highest BCUT2D eigenvalue weighted by molar-refractivity contribution is 5.84. The van der Waals surface area contributed by atoms with Crippen LogP contribution in [0.1, 0.15) is 31.4 Å². The van der Waals surface area contributed by atoms with E-state index in [4.69, 9.17) is 9.90 Å². The summed E-state index contributed by atoms with van der Waals surface area (Å²) in [7, 11) is 3.57. The molecule has 12 heteroatoms. The van der Waals surface area contributed by atoms with Gasteiger partial charge in [-0.3, -0.25) is 9.59 Å². The largest absolute Gasteiger partial charge is 0.490 e. The van der Waals surface area contributed by atoms with Gasteiger partial charge in [-0.25, -0.2) is 9.78 Å². The monoisotopic (exact) mass is 507 g/mol. The molecule has 3 aliphatic rings. The quantitative estimate of drug-likeness (QED) is 0.686. The lowest BCUT2D eigenvalue weighted by atomic mass is 9.84. The van der Waals surface area contributed by atoms with E-state index in [0.717, 1.165) is 49.4 Å². The predicted octanol–water partition coefficient (Wildman–Crippen LogP) is 2.64. The van der Waals surface area contributed by atoms with Crippen LogP contribution in [0.2, 0.25) is 0 Å². The average Bonchev–Trinajstić information content (AvgIpc) is 3.44. The summed E-state index contributed by atoms with van der Waals surface area (Å²) in [6.45, 7) is 1.60. The maximum atomic E-state index is 13.0. The number of likely N-dealkylation sites (tertiary alicyclic amines) is 1. The molecule has 1 atom stereocenters. The minimum absolute atomic E-state index is 0.0444. The van der Waals surface area contributed by atoms with Crippen LogP contribution in [0.15, 0.2) is 36.7 Å². The number of aliphatic carboxylic acids is 1. The molecule has 2 aliphatic heterocycles. The van der Waals surface area contributed by atoms with Gasteiger partial charge in [-0.15, -0.1) is 0 Å². The van der Waals surface area contributed by atoms with E-state index in [-0.39, 0.29) is 24.3 Å². The van der Waals surface area contributed by atoms with Crippen molar-refractivity contribution >= 4 is 23.5 Å². The summed E-state index contributed by atoms with van der Waals surface area (Å²) >= 11 is 0. The van der Waals surface area contributed by atoms with Gasteiger partial charge in [0.25, 0.3) is 0 Å². The molecule has 1 saturated heterocycles. The molecule has 0 aromatic carbocycles. The number of hydrogen-bond donors (Lipinski definition) is 1. The third-order valence-corrected chi connectivity index (χ3v) is 7.08. The van der Waals surface area contributed by atoms with E-state index < -0.39 is 17.7 Å². The Morgan fingerprint density at radius 2 is 1.89 bits per heavy atom. The highest BCUT2D eigenvalue weighted by Gasteiger charge is 2.52. The number of anilines is 1. The number of carbonyl (C=O) groups is 3. The van der Waals surface area contributed by atoms with Gasteiger partial charge in [-0.05, 0) is 43.5 Å². The first-order valence-electron chi connectivity index (χ1n) is 11.7. The van der Waals surface area contributed by atoms with Crippen LogP contribution in [-0.2, 0) is 19.9 Å². The van der Waals surface area contributed by atoms with Gasteiger partial charge in [0.2, 0.25) is 11.8 Å². The molecule has 2 aromatic heterocycles. The molecule has 1 unspecified atom stereocenters. The van der Waals surface area contributed by atoms with Gasteiger partial charge >= 0.3 is 12.1 Å². The maximum absolute atomic E-state index is 13.0. The van der Waals surface area contributed by atoms with Gasteiger partial charge in [0.15, 0.2) is 5.82 Å². The summed E-state index contributed by atoms with van der Waals surface area (Å²) in [6.07, 6.45) is 2.71. The van der Waals surface area contributed by atoms with E-state index >= 15 is 0 Å². The van der Waals surface area contributed by atoms with E-state index in [1.165, 1.54) is 0 Å². The molecule has 5 rings (SSSR count). The number of aromatic nitrogens is 2. The van der Waals surface area contributed by atoms with Crippen molar-refractivity contribution in [3.63, 3.8) is 0 Å². The van der Waals surface area contributed by atoms with E-state index in [9.17, 15) is 22.8 Å². The van der Waals surface area contributed by atoms with Crippen molar-refractivity contribution in [1.29, 1.82) is 0 Å². The van der Waals surface area contributed by atoms with Crippen molar-refractivity contribution in [3.05, 3.63) is 42.4 Å². The number of nitrogens with zero attached hydrogens (tertiary/aromatic N) is 5. The molecule has 1 spiro atoms. The molecule has 1 N–H and O–H groups in total. The fourth-order valence-corrected chi connectivity index (χ4v) is 4.94. The summed E-state index contributed by atoms with van der Waals surface area (Å²) in [5, 5.41) is 7.12. The molecule has 2 amide bonds. The summed E-state index contributed by atoms with van der Waals surface area (Å²) in [5.41, 5.74) is 1.65. The molecule has 9 nitrogen and oxygen atoms in total. The first-order chi connectivity index (χ1) is 17.0. The molecule has 2 fully saturated rings. The minimum Gasteiger partial charge on any atom is -0.475 e. The van der Waals surface area contributed by atoms with Crippen molar-refractivity contribution in [2.45, 2.75) is 37.4 Å². The topological polar surface area (TPSA) is 99.0 Å². The molecular weight excluding hydrogens is 479 g/mol. The smallest absolute Gasteiger partial charge is 0.475 e. The molecule has 2 aromatic rings. The number of carboxylic acids is 1. The van der Waals surface area contributed by atoms with E-state index in [1.807, 2.05) is 29.3 Å². The Kier molecular flexibility index (Phi) is 6.72. The maximum Gasteiger partial charge on any atom is 0.490 e. The Bertz CT molecular complexity index is 1160. The second-order valence-corrected chi connectivity index (χ2v) is 9.46. The zero-order valence-corrected chi connectivity index (χ0v) is 20.0. The van der Waals surface area contributed by atoms with Crippen LogP contribution >= 0.6 is 0 Å². The standard InChI is InChI=1S/C22H27N5O2.C2HF3O2/c1-24(2)19(28)14-27-17-8-4-11-23-20(17)26-12-5-9-18(26)22(27)10-13-25(15-22)21(29)16-6-3-7-16;3-2(4,5)1(6)7/h4-5,8-9,11-12,16H,3,6-7,10,13-15H2,1-2H3;(H,6,7). The van der Waals surface area contributed by atoms with Gasteiger partial charge in [-0.1, -0.05) is 6.42 Å². The highest BCUT2D eigenvalue weighted by Crippen LogP contribution is 2.47. The Hall–Kier alpha value is -3.57. The SMILES string of the molecule is CN(C)C(=O)CN1c2cccnc2-n2cccc2C12CCN(C(=O)C1CCC1)C2.O=C(O)C(F)(F)F. The van der Waals surface area contributed by atoms with Crippen LogP contribution in [0.3, 0.4) is 0 Å². The lowest BCUT2D eigenvalue weighted by Crippen LogP contribution is -2.55. The van der Waals surface area contributed by atoms with E-state index in [1.54, 1.807) is 25.2 Å². The van der Waals surface area contributed by atoms with Crippen molar-refractivity contribution in [2.75, 3.05) is 38.6 Å². The number of fused-ring (bicyclic) bond motifs is 4. The molecule has 0 radical (unpaired) electrons. The average molecular weight is 508 g/mol. The Morgan fingerprint density at radius 1 is 1.19 bits per heavy atom. The van der Waals surface area contributed by atoms with Crippen LogP contribution < -0.4 is 4.90 Å². The third-order valence-electron chi connectivity index (χ3n) is 7.08. The summed E-state index contributed by atoms with van der Waals surface area (Å²) < 4.78 is 33.9. The van der Waals surface area contributed by atoms with Crippen LogP contribution in [0.25, 0.3) is 5.82 Å². The summed E-state index contributed by atoms with van der Waals surface area (Å²) in [5.74, 6) is -1.41. The number of hydrogen-bond acceptors (Lipinski definition) is 5. The van der Waals surface area contributed by atoms with E-state index in [0.29, 0.717) is 6.54 Å². The van der Waals surface area contributed by atoms with Crippen molar-refractivity contribution in [2.24, 2.45) is 5.92 Å². The van der Waals surface area contributed by atoms with Gasteiger partial charge in [0.05, 0.1) is 17.9 Å². The van der Waals surface area contributed by atoms with Crippen molar-refractivity contribution < 1.29 is 32.7 Å². The van der Waals surface area contributed by atoms with Crippen LogP contribution in [0.4, 0.5) is 18.9 Å². The summed E-state index contributed by atoms with van der Waals surface area (Å²) in [4.78, 5) is 45.1. The number of pyridine rings is 1. The number of carboxylic acid groups (broad SMARTS) is 1. The fraction of sp³-hybridized carbons (Fsp3) is 0.500. The zero-order valence-electron chi connectivity index (χ0n) is 20.0. The van der Waals surface area contributed by atoms with Crippen LogP contribution in [0, 0.1) is 5.92 Å². The Morgan fingerprint density at radius 3 is 2.47 bits per heavy atom. The number of amides is 2. The number of carbonyl (C=O) groups excluding carboxylic acids is 2. The van der Waals surface area contributed by atoms with Crippen LogP contribution in [-0.4, -0.2) is 82.1 Å². The predicted molar refractivity (Wildman–Crippen MR) is 124 cm³/mol. The van der Waals surface area contributed by atoms with Gasteiger partial charge in [0.1, 0.15) is 5.54 Å². The molecular formula is C24H28F3N5O4. The zero-order chi connectivity index (χ0) is 26.3. The number of rotatable bonds is 3. The minimum atomic E-state index is -5.08. The normalized spacial score (nSPS) is 20.7. The summed E-state index contributed by atoms with van der Waals surface area (Å²) in [6, 6.07) is 8.10. The first kappa shape index (κ1) is 25.5. The van der Waals surface area contributed by atoms with Gasteiger partial charge < -0.3 is 24.4 Å². The Balaban J connectivity index is 0.000000384. The Labute approximate surface area is 206 Å². The van der Waals surface area contributed by atoms with Gasteiger partial charge in [0, 0.05) is 45.5 Å². The second kappa shape index (κ2) is 9.47. The molecule has 194 valence electrons. The lowest BCUT2D eigenvalue weighted by molar-refractivity contribution is -0.192. The first-order valence-corrected chi connectivity index (χ1v) is 11.7. The van der Waals surface area contributed by atoms with Crippen LogP contribution in [0.5, 0.6) is 0 Å². The van der Waals surface area contributed by atoms with Crippen molar-refractivity contribution in [1.82, 2.24) is 19.4 Å². The number of halogens is 3. The lowest BCUT2D eigenvalue weighted by Gasteiger charge is -2.47.